The Kier molecular flexibility index (Phi) is 45.8. The van der Waals surface area contributed by atoms with Gasteiger partial charge in [0, 0.05) is 149 Å². The molecule has 1 amide bonds. The first-order chi connectivity index (χ1) is 67.0. The number of nitrogens with zero attached hydrogens (tertiary/aromatic N) is 15. The van der Waals surface area contributed by atoms with Gasteiger partial charge in [-0.1, -0.05) is 33.1 Å². The minimum absolute atomic E-state index is 0. The van der Waals surface area contributed by atoms with Gasteiger partial charge < -0.3 is 54.6 Å². The number of morpholine rings is 1. The van der Waals surface area contributed by atoms with E-state index in [1.807, 2.05) is 250 Å². The van der Waals surface area contributed by atoms with Gasteiger partial charge in [0.15, 0.2) is 41.2 Å². The maximum atomic E-state index is 12.4. The summed E-state index contributed by atoms with van der Waals surface area (Å²) in [5.41, 5.74) is 20.4. The maximum Gasteiger partial charge on any atom is 1.00 e. The van der Waals surface area contributed by atoms with Crippen molar-refractivity contribution in [3.8, 4) is 73.7 Å². The van der Waals surface area contributed by atoms with Crippen LogP contribution in [0.3, 0.4) is 0 Å². The molecule has 0 unspecified atom stereocenters. The van der Waals surface area contributed by atoms with E-state index >= 15 is 0 Å². The van der Waals surface area contributed by atoms with Gasteiger partial charge in [-0.15, -0.1) is 0 Å². The third-order valence-corrected chi connectivity index (χ3v) is 19.7. The molecule has 730 valence electrons. The van der Waals surface area contributed by atoms with E-state index in [4.69, 9.17) is 62.2 Å². The summed E-state index contributed by atoms with van der Waals surface area (Å²) in [5.74, 6) is 2.10. The number of aryl methyl sites for hydroxylation is 3. The minimum Gasteiger partial charge on any atom is -1.00 e. The van der Waals surface area contributed by atoms with Gasteiger partial charge in [0.2, 0.25) is 5.91 Å². The molecule has 17 aromatic rings. The normalized spacial score (nSPS) is 11.2. The first-order valence-electron chi connectivity index (χ1n) is 44.2. The zero-order valence-corrected chi connectivity index (χ0v) is 81.4. The van der Waals surface area contributed by atoms with E-state index in [-0.39, 0.29) is 68.6 Å². The first-order valence-corrected chi connectivity index (χ1v) is 43.2. The molecule has 140 heavy (non-hydrogen) atoms. The van der Waals surface area contributed by atoms with Crippen LogP contribution in [0, 0.1) is 20.8 Å². The number of aliphatic hydroxyl groups excluding tert-OH is 1. The number of amides is 1. The standard InChI is InChI=1S/C25H25N3O3.C21H17N3O3.C14H19NO3.C12H8ClN3O.C12H9N3O.C10H8N2O.C6H14N2O.2CH3F.CH4O.2CH4.Na.H/c1-17-6-7-19(24(29)31-25(2,3)4)14-20(17)15-23-26-16-22(30-23)18-8-10-21(11-9-18)28-13-5-12-27-28;1-14-3-4-16(21(25)26)11-17(14)12-20-22-13-19(27-20)15-5-7-18(8-6-15)24-10-2-9-23-24;1-9-6-7-11(8-12(9)15-10(2)16)13(17)18-14(3,4)5;13-12-14-8-11(17-12)9-2-4-10(5-3-9)16-7-1-6-15-16;1-6-14-15(7-1)11-4-2-10(3-5-11)12-8-13-9-16-12;13-8-9-2-4-10(5-3-9)12-7-1-6-11-12;7-1-2-8-3-5-9-6-4-8;3*1-2;;;;/h5-14,16H,15H2,1-4H3;2-11,13H,12H2,1H3,(H,25,26);6-8H,1-5H3,(H,15,16);1-8H;1-9H;1-8H;1-7H2;2*1H3;2H,1H3;2*1H4;;/q;;;;;;;;;;;;+1;-1/i;;;;;;;2*1D;;;;;. The molecule has 35 heteroatoms. The second-order valence-corrected chi connectivity index (χ2v) is 32.0. The van der Waals surface area contributed by atoms with Gasteiger partial charge in [-0.05, 0) is 290 Å². The largest absolute Gasteiger partial charge is 1.00 e. The molecule has 0 saturated carbocycles. The molecule has 1 aliphatic heterocycles. The maximum absolute atomic E-state index is 12.4. The van der Waals surface area contributed by atoms with Crippen molar-refractivity contribution in [2.45, 2.75) is 108 Å². The van der Waals surface area contributed by atoms with Gasteiger partial charge in [-0.2, -0.15) is 25.5 Å². The number of carbonyl (C=O) groups excluding carboxylic acids is 4. The number of alkyl halides is 2. The number of oxazole rings is 4. The van der Waals surface area contributed by atoms with Crippen molar-refractivity contribution in [2.24, 2.45) is 5.73 Å². The summed E-state index contributed by atoms with van der Waals surface area (Å²) < 4.78 is 78.2. The Morgan fingerprint density at radius 3 is 1.17 bits per heavy atom. The smallest absolute Gasteiger partial charge is 1.00 e. The van der Waals surface area contributed by atoms with Crippen molar-refractivity contribution < 1.29 is 109 Å². The van der Waals surface area contributed by atoms with Crippen LogP contribution in [-0.4, -0.2) is 186 Å². The van der Waals surface area contributed by atoms with E-state index in [1.54, 1.807) is 129 Å². The Labute approximate surface area is 844 Å². The van der Waals surface area contributed by atoms with E-state index in [0.717, 1.165) is 137 Å². The number of carboxylic acid groups (broad SMARTS) is 1. The number of carbonyl (C=O) groups is 5. The first kappa shape index (κ1) is 110. The van der Waals surface area contributed by atoms with Crippen LogP contribution < -0.4 is 40.6 Å². The number of ether oxygens (including phenoxy) is 3. The van der Waals surface area contributed by atoms with Gasteiger partial charge in [-0.25, -0.2) is 57.7 Å². The summed E-state index contributed by atoms with van der Waals surface area (Å²) in [7, 11) is -1.00. The number of rotatable bonds is 20. The molecular formula is C105H119ClF2N17NaO14. The van der Waals surface area contributed by atoms with Crippen molar-refractivity contribution in [1.29, 1.82) is 0 Å². The van der Waals surface area contributed by atoms with E-state index < -0.39 is 37.4 Å². The molecule has 1 aliphatic rings. The number of aromatic nitrogens is 14. The number of halogens is 3. The number of aliphatic hydroxyl groups is 1. The number of hydrogen-bond acceptors (Lipinski definition) is 24. The molecule has 0 spiro atoms. The number of nitrogens with two attached hydrogens (primary N) is 1. The number of aromatic carboxylic acids is 1. The summed E-state index contributed by atoms with van der Waals surface area (Å²) in [6.45, 7) is 23.9. The van der Waals surface area contributed by atoms with Gasteiger partial charge in [0.1, 0.15) is 17.5 Å². The number of nitrogens with one attached hydrogen (secondary N) is 1. The monoisotopic (exact) mass is 1940 g/mol. The van der Waals surface area contributed by atoms with Crippen molar-refractivity contribution in [3.63, 3.8) is 0 Å². The minimum atomic E-state index is -1.00. The second-order valence-electron chi connectivity index (χ2n) is 31.6. The second kappa shape index (κ2) is 58.0. The molecule has 1 fully saturated rings. The van der Waals surface area contributed by atoms with Gasteiger partial charge in [-0.3, -0.25) is 23.3 Å². The number of benzene rings is 8. The summed E-state index contributed by atoms with van der Waals surface area (Å²) in [6, 6.07) is 63.9. The predicted octanol–water partition coefficient (Wildman–Crippen LogP) is 18.3. The molecule has 18 rings (SSSR count). The third kappa shape index (κ3) is 36.0. The average Bonchev–Trinajstić information content (AvgIpc) is 1.80. The molecule has 8 aromatic carbocycles. The van der Waals surface area contributed by atoms with Gasteiger partial charge in [0.25, 0.3) is 5.35 Å². The molecule has 0 radical (unpaired) electrons. The third-order valence-electron chi connectivity index (χ3n) is 19.5. The Morgan fingerprint density at radius 1 is 0.507 bits per heavy atom. The summed E-state index contributed by atoms with van der Waals surface area (Å²) >= 11 is 5.63. The van der Waals surface area contributed by atoms with E-state index in [1.165, 1.54) is 13.3 Å². The molecule has 31 nitrogen and oxygen atoms in total. The molecule has 5 N–H and O–H groups in total. The van der Waals surface area contributed by atoms with Crippen LogP contribution >= 0.6 is 11.6 Å². The number of aldehydes is 1. The Bertz CT molecular complexity index is 6450. The van der Waals surface area contributed by atoms with Gasteiger partial charge in [0.05, 0.1) is 100 Å². The van der Waals surface area contributed by atoms with Crippen LogP contribution in [0.4, 0.5) is 14.5 Å². The van der Waals surface area contributed by atoms with Crippen molar-refractivity contribution >= 4 is 47.4 Å². The van der Waals surface area contributed by atoms with Crippen LogP contribution in [-0.2, 0) is 31.8 Å². The number of carboxylic acids is 1. The fourth-order valence-corrected chi connectivity index (χ4v) is 12.9. The summed E-state index contributed by atoms with van der Waals surface area (Å²) in [4.78, 5) is 75.7. The summed E-state index contributed by atoms with van der Waals surface area (Å²) in [6.07, 6.45) is 28.0. The van der Waals surface area contributed by atoms with Crippen molar-refractivity contribution in [2.75, 3.05) is 66.1 Å². The van der Waals surface area contributed by atoms with E-state index in [2.05, 4.69) is 55.6 Å². The molecule has 0 atom stereocenters. The van der Waals surface area contributed by atoms with E-state index in [9.17, 15) is 32.8 Å². The van der Waals surface area contributed by atoms with Gasteiger partial charge >= 0.3 is 47.5 Å². The number of hydrogen-bond donors (Lipinski definition) is 4. The number of esters is 2. The molecule has 1 saturated heterocycles. The summed E-state index contributed by atoms with van der Waals surface area (Å²) in [5, 5.41) is 39.8. The quantitative estimate of drug-likeness (QED) is 0.0313. The fourth-order valence-electron chi connectivity index (χ4n) is 12.8. The predicted molar refractivity (Wildman–Crippen MR) is 534 cm³/mol. The Balaban J connectivity index is 0.000000296. The fraction of sp³-hybridized carbons (Fsp3) is 0.238. The van der Waals surface area contributed by atoms with Crippen LogP contribution in [0.5, 0.6) is 0 Å². The Hall–Kier alpha value is -14.8. The van der Waals surface area contributed by atoms with E-state index in [0.29, 0.717) is 64.3 Å². The van der Waals surface area contributed by atoms with Crippen LogP contribution in [0.2, 0.25) is 5.35 Å². The van der Waals surface area contributed by atoms with Crippen LogP contribution in [0.1, 0.15) is 149 Å². The molecule has 10 heterocycles. The zero-order valence-electron chi connectivity index (χ0n) is 81.7. The van der Waals surface area contributed by atoms with Crippen molar-refractivity contribution in [1.82, 2.24) is 73.7 Å². The molecule has 0 aliphatic carbocycles. The SMILES string of the molecule is C.C.CC(=O)Nc1cc(C(=O)OC(C)(C)C)ccc1C.CO.Cc1ccc(C(=O)O)cc1Cc1ncc(-c2ccc(-n3cccn3)cc2)o1.Cc1ccc(C(=O)OC(C)(C)C)cc1Cc1ncc(-c2ccc(-n3cccn3)cc2)o1.Clc1ncc(-c2ccc(-n3cccn3)cc2)o1.NCCN1CCOCC1.O=Cc1ccc(-n2cccn2)cc1.[2H]CF.[2H]CF.[H-].[Na+].c1cnn(-c2ccc(-c3cnco3)cc2)c1. The van der Waals surface area contributed by atoms with Crippen LogP contribution in [0.15, 0.2) is 317 Å². The van der Waals surface area contributed by atoms with Crippen molar-refractivity contribution in [3.05, 3.63) is 367 Å². The molecule has 9 aromatic heterocycles. The zero-order chi connectivity index (χ0) is 100. The number of anilines is 1. The Morgan fingerprint density at radius 2 is 0.850 bits per heavy atom. The topological polar surface area (TPSA) is 388 Å². The average molecular weight is 1940 g/mol. The molecular weight excluding hydrogens is 1820 g/mol. The molecule has 0 bridgehead atoms. The van der Waals surface area contributed by atoms with Crippen LogP contribution in [0.25, 0.3) is 73.7 Å².